The van der Waals surface area contributed by atoms with Crippen LogP contribution >= 0.6 is 0 Å². The number of aromatic nitrogens is 2. The van der Waals surface area contributed by atoms with Crippen molar-refractivity contribution in [3.05, 3.63) is 41.2 Å². The van der Waals surface area contributed by atoms with Crippen LogP contribution in [0.2, 0.25) is 0 Å². The average molecular weight is 383 g/mol. The van der Waals surface area contributed by atoms with E-state index in [4.69, 9.17) is 5.11 Å². The molecular weight excluding hydrogens is 363 g/mol. The first-order valence-corrected chi connectivity index (χ1v) is 8.17. The molecule has 1 aromatic heterocycles. The van der Waals surface area contributed by atoms with Gasteiger partial charge in [0.1, 0.15) is 11.5 Å². The number of halogens is 3. The number of aryl methyl sites for hydroxylation is 1. The minimum absolute atomic E-state index is 0.0514. The van der Waals surface area contributed by atoms with E-state index in [1.165, 1.54) is 12.1 Å². The van der Waals surface area contributed by atoms with E-state index in [-0.39, 0.29) is 30.0 Å². The van der Waals surface area contributed by atoms with E-state index in [1.54, 1.807) is 20.8 Å². The van der Waals surface area contributed by atoms with Crippen molar-refractivity contribution in [2.75, 3.05) is 6.54 Å². The minimum atomic E-state index is -4.48. The van der Waals surface area contributed by atoms with E-state index in [2.05, 4.69) is 15.3 Å². The third-order valence-electron chi connectivity index (χ3n) is 4.18. The maximum Gasteiger partial charge on any atom is 0.416 e. The van der Waals surface area contributed by atoms with Gasteiger partial charge in [0.05, 0.1) is 11.0 Å². The van der Waals surface area contributed by atoms with E-state index in [0.717, 1.165) is 12.1 Å². The molecule has 0 fully saturated rings. The van der Waals surface area contributed by atoms with Crippen molar-refractivity contribution in [3.8, 4) is 11.4 Å². The monoisotopic (exact) mass is 383 g/mol. The van der Waals surface area contributed by atoms with Gasteiger partial charge in [0.25, 0.3) is 5.91 Å². The molecule has 0 aliphatic rings. The topological polar surface area (TPSA) is 95.1 Å². The summed E-state index contributed by atoms with van der Waals surface area (Å²) in [7, 11) is 0. The van der Waals surface area contributed by atoms with Crippen molar-refractivity contribution in [1.82, 2.24) is 15.3 Å². The summed E-state index contributed by atoms with van der Waals surface area (Å²) in [6.07, 6.45) is -4.26. The van der Waals surface area contributed by atoms with Gasteiger partial charge < -0.3 is 15.4 Å². The Morgan fingerprint density at radius 3 is 2.52 bits per heavy atom. The number of amides is 1. The summed E-state index contributed by atoms with van der Waals surface area (Å²) in [6, 6.07) is 4.64. The summed E-state index contributed by atoms with van der Waals surface area (Å²) in [5.74, 6) is -1.35. The first-order valence-electron chi connectivity index (χ1n) is 8.17. The van der Waals surface area contributed by atoms with Crippen LogP contribution in [0.15, 0.2) is 24.3 Å². The quantitative estimate of drug-likeness (QED) is 0.710. The molecular formula is C18H20F3N3O3. The van der Waals surface area contributed by atoms with E-state index in [0.29, 0.717) is 5.69 Å². The van der Waals surface area contributed by atoms with Crippen LogP contribution in [0.5, 0.6) is 0 Å². The highest BCUT2D eigenvalue weighted by atomic mass is 19.4. The molecule has 27 heavy (non-hydrogen) atoms. The first kappa shape index (κ1) is 20.5. The molecule has 6 nitrogen and oxygen atoms in total. The maximum absolute atomic E-state index is 12.9. The first-order chi connectivity index (χ1) is 12.4. The number of rotatable bonds is 6. The molecule has 0 spiro atoms. The fourth-order valence-corrected chi connectivity index (χ4v) is 2.34. The zero-order valence-electron chi connectivity index (χ0n) is 15.1. The molecule has 0 bridgehead atoms. The van der Waals surface area contributed by atoms with Crippen LogP contribution in [0, 0.1) is 12.3 Å². The second-order valence-corrected chi connectivity index (χ2v) is 6.83. The Bertz CT molecular complexity index is 857. The molecule has 146 valence electrons. The molecule has 1 heterocycles. The van der Waals surface area contributed by atoms with Crippen molar-refractivity contribution < 1.29 is 27.9 Å². The highest BCUT2D eigenvalue weighted by Crippen LogP contribution is 2.31. The fourth-order valence-electron chi connectivity index (χ4n) is 2.34. The summed E-state index contributed by atoms with van der Waals surface area (Å²) in [5, 5.41) is 11.7. The van der Waals surface area contributed by atoms with E-state index < -0.39 is 29.0 Å². The summed E-state index contributed by atoms with van der Waals surface area (Å²) >= 11 is 0. The second-order valence-electron chi connectivity index (χ2n) is 6.83. The number of carbonyl (C=O) groups excluding carboxylic acids is 1. The molecule has 0 atom stereocenters. The van der Waals surface area contributed by atoms with Crippen LogP contribution in [-0.4, -0.2) is 33.5 Å². The van der Waals surface area contributed by atoms with Crippen molar-refractivity contribution >= 4 is 11.9 Å². The molecule has 0 aliphatic carbocycles. The Morgan fingerprint density at radius 2 is 1.93 bits per heavy atom. The lowest BCUT2D eigenvalue weighted by molar-refractivity contribution is -0.147. The minimum Gasteiger partial charge on any atom is -0.481 e. The Morgan fingerprint density at radius 1 is 1.26 bits per heavy atom. The third kappa shape index (κ3) is 4.87. The molecule has 2 rings (SSSR count). The number of aromatic amines is 1. The Hall–Kier alpha value is -2.84. The van der Waals surface area contributed by atoms with Gasteiger partial charge in [-0.15, -0.1) is 0 Å². The number of alkyl halides is 3. The lowest BCUT2D eigenvalue weighted by atomic mass is 9.90. The largest absolute Gasteiger partial charge is 0.481 e. The second kappa shape index (κ2) is 7.42. The normalized spacial score (nSPS) is 12.1. The SMILES string of the molecule is Cc1[nH]c(-c2cccc(C(F)(F)F)c2)nc1C(=O)NCCC(C)(C)C(=O)O. The zero-order chi connectivity index (χ0) is 20.4. The van der Waals surface area contributed by atoms with Gasteiger partial charge in [0.2, 0.25) is 0 Å². The zero-order valence-corrected chi connectivity index (χ0v) is 15.1. The smallest absolute Gasteiger partial charge is 0.416 e. The van der Waals surface area contributed by atoms with Crippen LogP contribution in [-0.2, 0) is 11.0 Å². The number of nitrogens with one attached hydrogen (secondary N) is 2. The van der Waals surface area contributed by atoms with Crippen LogP contribution in [0.3, 0.4) is 0 Å². The number of hydrogen-bond donors (Lipinski definition) is 3. The number of benzene rings is 1. The lowest BCUT2D eigenvalue weighted by Gasteiger charge is -2.18. The number of aliphatic carboxylic acids is 1. The predicted octanol–water partition coefficient (Wildman–Crippen LogP) is 3.63. The summed E-state index contributed by atoms with van der Waals surface area (Å²) in [4.78, 5) is 30.3. The van der Waals surface area contributed by atoms with Crippen LogP contribution in [0.4, 0.5) is 13.2 Å². The van der Waals surface area contributed by atoms with E-state index in [1.807, 2.05) is 0 Å². The van der Waals surface area contributed by atoms with Gasteiger partial charge in [0, 0.05) is 17.8 Å². The van der Waals surface area contributed by atoms with E-state index >= 15 is 0 Å². The van der Waals surface area contributed by atoms with Gasteiger partial charge in [-0.25, -0.2) is 4.98 Å². The van der Waals surface area contributed by atoms with Gasteiger partial charge in [-0.3, -0.25) is 9.59 Å². The van der Waals surface area contributed by atoms with Gasteiger partial charge in [-0.1, -0.05) is 12.1 Å². The van der Waals surface area contributed by atoms with Crippen LogP contribution < -0.4 is 5.32 Å². The molecule has 3 N–H and O–H groups in total. The van der Waals surface area contributed by atoms with Gasteiger partial charge >= 0.3 is 12.1 Å². The number of carboxylic acids is 1. The number of nitrogens with zero attached hydrogens (tertiary/aromatic N) is 1. The van der Waals surface area contributed by atoms with Crippen LogP contribution in [0.1, 0.15) is 42.0 Å². The molecule has 9 heteroatoms. The number of hydrogen-bond acceptors (Lipinski definition) is 3. The molecule has 0 aliphatic heterocycles. The molecule has 1 aromatic carbocycles. The molecule has 0 unspecified atom stereocenters. The highest BCUT2D eigenvalue weighted by Gasteiger charge is 2.31. The number of carbonyl (C=O) groups is 2. The standard InChI is InChI=1S/C18H20F3N3O3/c1-10-13(15(25)22-8-7-17(2,3)16(26)27)24-14(23-10)11-5-4-6-12(9-11)18(19,20)21/h4-6,9H,7-8H2,1-3H3,(H,22,25)(H,23,24)(H,26,27). The average Bonchev–Trinajstić information content (AvgIpc) is 2.96. The molecule has 0 saturated heterocycles. The van der Waals surface area contributed by atoms with Crippen molar-refractivity contribution in [1.29, 1.82) is 0 Å². The predicted molar refractivity (Wildman–Crippen MR) is 92.1 cm³/mol. The Labute approximate surface area is 153 Å². The fraction of sp³-hybridized carbons (Fsp3) is 0.389. The number of H-pyrrole nitrogens is 1. The molecule has 1 amide bonds. The van der Waals surface area contributed by atoms with Crippen molar-refractivity contribution in [2.24, 2.45) is 5.41 Å². The highest BCUT2D eigenvalue weighted by molar-refractivity contribution is 5.94. The van der Waals surface area contributed by atoms with Crippen molar-refractivity contribution in [3.63, 3.8) is 0 Å². The van der Waals surface area contributed by atoms with E-state index in [9.17, 15) is 22.8 Å². The van der Waals surface area contributed by atoms with Crippen molar-refractivity contribution in [2.45, 2.75) is 33.4 Å². The molecule has 2 aromatic rings. The summed E-state index contributed by atoms with van der Waals surface area (Å²) < 4.78 is 38.6. The summed E-state index contributed by atoms with van der Waals surface area (Å²) in [5.41, 5.74) is -1.14. The Kier molecular flexibility index (Phi) is 5.62. The maximum atomic E-state index is 12.9. The molecule has 0 saturated carbocycles. The van der Waals surface area contributed by atoms with Gasteiger partial charge in [-0.05, 0) is 39.3 Å². The van der Waals surface area contributed by atoms with Crippen LogP contribution in [0.25, 0.3) is 11.4 Å². The van der Waals surface area contributed by atoms with Gasteiger partial charge in [0.15, 0.2) is 0 Å². The number of carboxylic acid groups (broad SMARTS) is 1. The number of imidazole rings is 1. The Balaban J connectivity index is 2.14. The lowest BCUT2D eigenvalue weighted by Crippen LogP contribution is -2.32. The third-order valence-corrected chi connectivity index (χ3v) is 4.18. The summed E-state index contributed by atoms with van der Waals surface area (Å²) in [6.45, 7) is 4.81. The van der Waals surface area contributed by atoms with Gasteiger partial charge in [-0.2, -0.15) is 13.2 Å². The molecule has 0 radical (unpaired) electrons.